The molecule has 1 aliphatic heterocycles. The highest BCUT2D eigenvalue weighted by Crippen LogP contribution is 2.33. The molecule has 1 aromatic carbocycles. The van der Waals surface area contributed by atoms with E-state index in [-0.39, 0.29) is 23.5 Å². The summed E-state index contributed by atoms with van der Waals surface area (Å²) in [5.41, 5.74) is -0.849. The van der Waals surface area contributed by atoms with Crippen molar-refractivity contribution in [3.8, 4) is 5.75 Å². The van der Waals surface area contributed by atoms with Gasteiger partial charge in [0.15, 0.2) is 9.84 Å². The van der Waals surface area contributed by atoms with Crippen LogP contribution in [0.5, 0.6) is 5.75 Å². The smallest absolute Gasteiger partial charge is 0.339 e. The molecule has 1 heterocycles. The number of nitro benzene ring substituents is 1. The first-order valence-corrected chi connectivity index (χ1v) is 7.50. The number of nitrogens with zero attached hydrogens (tertiary/aromatic N) is 1. The van der Waals surface area contributed by atoms with Crippen LogP contribution in [0, 0.1) is 10.1 Å². The molecule has 0 amide bonds. The Morgan fingerprint density at radius 3 is 2.65 bits per heavy atom. The largest absolute Gasteiger partial charge is 0.482 e. The van der Waals surface area contributed by atoms with Gasteiger partial charge in [0.05, 0.1) is 16.4 Å². The first-order chi connectivity index (χ1) is 9.30. The molecule has 1 unspecified atom stereocenters. The van der Waals surface area contributed by atoms with Gasteiger partial charge in [-0.15, -0.1) is 0 Å². The van der Waals surface area contributed by atoms with E-state index in [4.69, 9.17) is 9.84 Å². The molecule has 8 nitrogen and oxygen atoms in total. The van der Waals surface area contributed by atoms with E-state index in [2.05, 4.69) is 0 Å². The van der Waals surface area contributed by atoms with E-state index >= 15 is 0 Å². The molecule has 0 spiro atoms. The quantitative estimate of drug-likeness (QED) is 0.646. The van der Waals surface area contributed by atoms with Gasteiger partial charge < -0.3 is 9.84 Å². The number of benzene rings is 1. The van der Waals surface area contributed by atoms with Crippen molar-refractivity contribution in [1.82, 2.24) is 0 Å². The first-order valence-electron chi connectivity index (χ1n) is 5.68. The highest BCUT2D eigenvalue weighted by atomic mass is 32.2. The Morgan fingerprint density at radius 2 is 2.15 bits per heavy atom. The number of aromatic carboxylic acids is 1. The molecule has 20 heavy (non-hydrogen) atoms. The number of carbonyl (C=O) groups is 1. The molecule has 0 bridgehead atoms. The Bertz CT molecular complexity index is 635. The van der Waals surface area contributed by atoms with Gasteiger partial charge in [0.1, 0.15) is 11.7 Å². The number of hydrogen-bond donors (Lipinski definition) is 1. The van der Waals surface area contributed by atoms with Gasteiger partial charge in [0.25, 0.3) is 0 Å². The summed E-state index contributed by atoms with van der Waals surface area (Å²) in [5, 5.41) is 19.9. The van der Waals surface area contributed by atoms with Crippen LogP contribution in [0.25, 0.3) is 0 Å². The van der Waals surface area contributed by atoms with Gasteiger partial charge in [0.2, 0.25) is 5.75 Å². The lowest BCUT2D eigenvalue weighted by Gasteiger charge is -2.13. The fourth-order valence-electron chi connectivity index (χ4n) is 1.98. The number of carboxylic acids is 1. The van der Waals surface area contributed by atoms with Crippen LogP contribution < -0.4 is 4.74 Å². The van der Waals surface area contributed by atoms with E-state index < -0.39 is 38.3 Å². The molecular formula is C11H11NO7S. The van der Waals surface area contributed by atoms with Crippen LogP contribution >= 0.6 is 0 Å². The second kappa shape index (κ2) is 5.08. The van der Waals surface area contributed by atoms with Crippen molar-refractivity contribution >= 4 is 21.5 Å². The summed E-state index contributed by atoms with van der Waals surface area (Å²) >= 11 is 0. The molecule has 0 saturated carbocycles. The molecular weight excluding hydrogens is 290 g/mol. The fraction of sp³-hybridized carbons (Fsp3) is 0.364. The van der Waals surface area contributed by atoms with Crippen molar-refractivity contribution < 1.29 is 28.0 Å². The number of sulfone groups is 1. The molecule has 1 aliphatic rings. The minimum Gasteiger partial charge on any atom is -0.482 e. The van der Waals surface area contributed by atoms with E-state index in [0.717, 1.165) is 6.07 Å². The summed E-state index contributed by atoms with van der Waals surface area (Å²) in [6.45, 7) is 0. The molecule has 1 atom stereocenters. The Morgan fingerprint density at radius 1 is 1.45 bits per heavy atom. The third-order valence-corrected chi connectivity index (χ3v) is 4.63. The van der Waals surface area contributed by atoms with E-state index in [1.54, 1.807) is 0 Å². The van der Waals surface area contributed by atoms with Gasteiger partial charge in [-0.05, 0) is 12.5 Å². The molecule has 1 N–H and O–H groups in total. The summed E-state index contributed by atoms with van der Waals surface area (Å²) in [6.07, 6.45) is -0.577. The average Bonchev–Trinajstić information content (AvgIpc) is 2.68. The number of nitro groups is 1. The minimum atomic E-state index is -3.22. The molecule has 2 rings (SSSR count). The van der Waals surface area contributed by atoms with Crippen molar-refractivity contribution in [2.75, 3.05) is 11.5 Å². The van der Waals surface area contributed by atoms with Gasteiger partial charge >= 0.3 is 11.7 Å². The maximum absolute atomic E-state index is 11.3. The second-order valence-electron chi connectivity index (χ2n) is 4.36. The van der Waals surface area contributed by atoms with E-state index in [0.29, 0.717) is 0 Å². The Balaban J connectivity index is 2.39. The fourth-order valence-corrected chi connectivity index (χ4v) is 3.57. The highest BCUT2D eigenvalue weighted by molar-refractivity contribution is 7.91. The molecule has 1 aromatic rings. The van der Waals surface area contributed by atoms with Crippen molar-refractivity contribution in [2.24, 2.45) is 0 Å². The Hall–Kier alpha value is -2.16. The third kappa shape index (κ3) is 2.87. The lowest BCUT2D eigenvalue weighted by Crippen LogP contribution is -2.20. The van der Waals surface area contributed by atoms with E-state index in [1.165, 1.54) is 12.1 Å². The van der Waals surface area contributed by atoms with E-state index in [1.807, 2.05) is 0 Å². The van der Waals surface area contributed by atoms with Gasteiger partial charge in [0, 0.05) is 6.07 Å². The van der Waals surface area contributed by atoms with E-state index in [9.17, 15) is 23.3 Å². The molecule has 0 aromatic heterocycles. The maximum atomic E-state index is 11.3. The SMILES string of the molecule is O=C(O)c1cccc([N+](=O)[O-])c1OC1CCS(=O)(=O)C1. The number of carboxylic acid groups (broad SMARTS) is 1. The summed E-state index contributed by atoms with van der Waals surface area (Å²) in [5.74, 6) is -2.10. The monoisotopic (exact) mass is 301 g/mol. The molecule has 9 heteroatoms. The third-order valence-electron chi connectivity index (χ3n) is 2.90. The van der Waals surface area contributed by atoms with Gasteiger partial charge in [-0.3, -0.25) is 10.1 Å². The van der Waals surface area contributed by atoms with Gasteiger partial charge in [-0.2, -0.15) is 0 Å². The minimum absolute atomic E-state index is 0.0687. The van der Waals surface area contributed by atoms with Crippen molar-refractivity contribution in [3.05, 3.63) is 33.9 Å². The van der Waals surface area contributed by atoms with Crippen molar-refractivity contribution in [1.29, 1.82) is 0 Å². The number of para-hydroxylation sites is 1. The second-order valence-corrected chi connectivity index (χ2v) is 6.59. The molecule has 108 valence electrons. The van der Waals surface area contributed by atoms with Crippen molar-refractivity contribution in [3.63, 3.8) is 0 Å². The zero-order chi connectivity index (χ0) is 14.9. The predicted octanol–water partition coefficient (Wildman–Crippen LogP) is 0.859. The Kier molecular flexibility index (Phi) is 3.62. The summed E-state index contributed by atoms with van der Waals surface area (Å²) in [6, 6.07) is 3.53. The summed E-state index contributed by atoms with van der Waals surface area (Å²) < 4.78 is 28.0. The molecule has 0 radical (unpaired) electrons. The van der Waals surface area contributed by atoms with Crippen LogP contribution in [0.1, 0.15) is 16.8 Å². The van der Waals surface area contributed by atoms with Crippen LogP contribution in [0.3, 0.4) is 0 Å². The standard InChI is InChI=1S/C11H11NO7S/c13-11(14)8-2-1-3-9(12(15)16)10(8)19-7-4-5-20(17,18)6-7/h1-3,7H,4-6H2,(H,13,14). The summed E-state index contributed by atoms with van der Waals surface area (Å²) in [7, 11) is -3.22. The molecule has 1 fully saturated rings. The van der Waals surface area contributed by atoms with Crippen LogP contribution in [0.15, 0.2) is 18.2 Å². The lowest BCUT2D eigenvalue weighted by atomic mass is 10.1. The lowest BCUT2D eigenvalue weighted by molar-refractivity contribution is -0.386. The Labute approximate surface area is 114 Å². The number of ether oxygens (including phenoxy) is 1. The number of rotatable bonds is 4. The van der Waals surface area contributed by atoms with Gasteiger partial charge in [-0.1, -0.05) is 6.07 Å². The maximum Gasteiger partial charge on any atom is 0.339 e. The normalized spacial score (nSPS) is 20.5. The van der Waals surface area contributed by atoms with Crippen molar-refractivity contribution in [2.45, 2.75) is 12.5 Å². The molecule has 1 saturated heterocycles. The molecule has 0 aliphatic carbocycles. The zero-order valence-electron chi connectivity index (χ0n) is 10.2. The zero-order valence-corrected chi connectivity index (χ0v) is 11.0. The van der Waals surface area contributed by atoms with Crippen LogP contribution in [-0.4, -0.2) is 42.0 Å². The topological polar surface area (TPSA) is 124 Å². The first kappa shape index (κ1) is 14.3. The predicted molar refractivity (Wildman–Crippen MR) is 67.7 cm³/mol. The van der Waals surface area contributed by atoms with Gasteiger partial charge in [-0.25, -0.2) is 13.2 Å². The number of hydrogen-bond acceptors (Lipinski definition) is 6. The van der Waals surface area contributed by atoms with Crippen LogP contribution in [0.2, 0.25) is 0 Å². The summed E-state index contributed by atoms with van der Waals surface area (Å²) in [4.78, 5) is 21.2. The average molecular weight is 301 g/mol. The highest BCUT2D eigenvalue weighted by Gasteiger charge is 2.33. The van der Waals surface area contributed by atoms with Crippen LogP contribution in [-0.2, 0) is 9.84 Å². The van der Waals surface area contributed by atoms with Crippen LogP contribution in [0.4, 0.5) is 5.69 Å².